The number of nitrogens with one attached hydrogen (secondary N) is 1. The maximum absolute atomic E-state index is 12.7. The molecule has 0 spiro atoms. The van der Waals surface area contributed by atoms with Gasteiger partial charge in [0.15, 0.2) is 5.82 Å². The molecule has 1 aliphatic heterocycles. The molecule has 0 radical (unpaired) electrons. The lowest BCUT2D eigenvalue weighted by atomic mass is 9.95. The van der Waals surface area contributed by atoms with Crippen molar-refractivity contribution < 1.29 is 4.79 Å². The first-order chi connectivity index (χ1) is 14.1. The SMILES string of the molecule is Cc1ccc(NC(=O)C2CCN(c3ccc(-c4cccnc4)nn3)CC2)c(C)c1. The van der Waals surface area contributed by atoms with Gasteiger partial charge in [0.25, 0.3) is 0 Å². The number of aromatic nitrogens is 3. The van der Waals surface area contributed by atoms with Gasteiger partial charge in [-0.25, -0.2) is 0 Å². The number of benzene rings is 1. The molecule has 1 N–H and O–H groups in total. The first kappa shape index (κ1) is 19.1. The number of anilines is 2. The Labute approximate surface area is 171 Å². The third kappa shape index (κ3) is 4.42. The van der Waals surface area contributed by atoms with Crippen LogP contribution in [0.5, 0.6) is 0 Å². The van der Waals surface area contributed by atoms with E-state index in [9.17, 15) is 4.79 Å². The zero-order chi connectivity index (χ0) is 20.2. The van der Waals surface area contributed by atoms with Gasteiger partial charge in [-0.05, 0) is 62.6 Å². The molecule has 4 rings (SSSR count). The van der Waals surface area contributed by atoms with Crippen LogP contribution in [0.4, 0.5) is 11.5 Å². The van der Waals surface area contributed by atoms with Crippen molar-refractivity contribution in [3.8, 4) is 11.3 Å². The molecule has 3 aromatic rings. The van der Waals surface area contributed by atoms with Crippen molar-refractivity contribution in [2.45, 2.75) is 26.7 Å². The molecule has 6 nitrogen and oxygen atoms in total. The second kappa shape index (κ2) is 8.39. The summed E-state index contributed by atoms with van der Waals surface area (Å²) in [6, 6.07) is 13.9. The highest BCUT2D eigenvalue weighted by atomic mass is 16.1. The maximum atomic E-state index is 12.7. The Kier molecular flexibility index (Phi) is 5.51. The van der Waals surface area contributed by atoms with Crippen LogP contribution in [0.3, 0.4) is 0 Å². The van der Waals surface area contributed by atoms with Gasteiger partial charge in [0.2, 0.25) is 5.91 Å². The lowest BCUT2D eigenvalue weighted by molar-refractivity contribution is -0.120. The zero-order valence-electron chi connectivity index (χ0n) is 16.8. The Balaban J connectivity index is 1.35. The second-order valence-corrected chi connectivity index (χ2v) is 7.59. The molecule has 1 aliphatic rings. The van der Waals surface area contributed by atoms with Crippen LogP contribution in [-0.2, 0) is 4.79 Å². The van der Waals surface area contributed by atoms with Crippen molar-refractivity contribution in [3.05, 3.63) is 66.0 Å². The van der Waals surface area contributed by atoms with E-state index in [1.807, 2.05) is 43.3 Å². The number of nitrogens with zero attached hydrogens (tertiary/aromatic N) is 4. The molecule has 148 valence electrons. The van der Waals surface area contributed by atoms with Crippen LogP contribution >= 0.6 is 0 Å². The summed E-state index contributed by atoms with van der Waals surface area (Å²) in [4.78, 5) is 19.0. The molecule has 1 saturated heterocycles. The number of carbonyl (C=O) groups excluding carboxylic acids is 1. The number of pyridine rings is 1. The minimum atomic E-state index is 0.0228. The van der Waals surface area contributed by atoms with Gasteiger partial charge in [0.05, 0.1) is 5.69 Å². The van der Waals surface area contributed by atoms with Crippen molar-refractivity contribution in [2.75, 3.05) is 23.3 Å². The van der Waals surface area contributed by atoms with E-state index in [1.165, 1.54) is 5.56 Å². The summed E-state index contributed by atoms with van der Waals surface area (Å²) in [5.74, 6) is 0.982. The Morgan fingerprint density at radius 2 is 1.90 bits per heavy atom. The third-order valence-corrected chi connectivity index (χ3v) is 5.44. The largest absolute Gasteiger partial charge is 0.355 e. The highest BCUT2D eigenvalue weighted by Crippen LogP contribution is 2.25. The molecule has 1 aromatic carbocycles. The van der Waals surface area contributed by atoms with Crippen LogP contribution in [0.15, 0.2) is 54.9 Å². The van der Waals surface area contributed by atoms with Crippen LogP contribution in [0.25, 0.3) is 11.3 Å². The van der Waals surface area contributed by atoms with Gasteiger partial charge in [0, 0.05) is 42.7 Å². The molecule has 3 heterocycles. The summed E-state index contributed by atoms with van der Waals surface area (Å²) in [6.07, 6.45) is 5.14. The van der Waals surface area contributed by atoms with Crippen LogP contribution in [0.2, 0.25) is 0 Å². The van der Waals surface area contributed by atoms with E-state index >= 15 is 0 Å². The molecule has 6 heteroatoms. The minimum Gasteiger partial charge on any atom is -0.355 e. The molecule has 2 aromatic heterocycles. The van der Waals surface area contributed by atoms with E-state index in [0.29, 0.717) is 0 Å². The fourth-order valence-electron chi connectivity index (χ4n) is 3.72. The maximum Gasteiger partial charge on any atom is 0.227 e. The molecule has 29 heavy (non-hydrogen) atoms. The number of aryl methyl sites for hydroxylation is 2. The van der Waals surface area contributed by atoms with E-state index in [4.69, 9.17) is 0 Å². The number of rotatable bonds is 4. The fourth-order valence-corrected chi connectivity index (χ4v) is 3.72. The summed E-state index contributed by atoms with van der Waals surface area (Å²) in [5, 5.41) is 11.8. The third-order valence-electron chi connectivity index (χ3n) is 5.44. The Bertz CT molecular complexity index is 980. The molecular formula is C23H25N5O. The van der Waals surface area contributed by atoms with E-state index in [0.717, 1.165) is 54.3 Å². The smallest absolute Gasteiger partial charge is 0.227 e. The van der Waals surface area contributed by atoms with Crippen LogP contribution in [0, 0.1) is 19.8 Å². The highest BCUT2D eigenvalue weighted by molar-refractivity contribution is 5.93. The average Bonchev–Trinajstić information content (AvgIpc) is 2.76. The monoisotopic (exact) mass is 387 g/mol. The quantitative estimate of drug-likeness (QED) is 0.732. The standard InChI is InChI=1S/C23H25N5O/c1-16-5-6-20(17(2)14-16)25-23(29)18-9-12-28(13-10-18)22-8-7-21(26-27-22)19-4-3-11-24-15-19/h3-8,11,14-15,18H,9-10,12-13H2,1-2H3,(H,25,29). The van der Waals surface area contributed by atoms with Crippen LogP contribution < -0.4 is 10.2 Å². The minimum absolute atomic E-state index is 0.0228. The molecule has 0 atom stereocenters. The van der Waals surface area contributed by atoms with E-state index in [-0.39, 0.29) is 11.8 Å². The molecule has 0 saturated carbocycles. The van der Waals surface area contributed by atoms with E-state index in [1.54, 1.807) is 12.4 Å². The summed E-state index contributed by atoms with van der Waals surface area (Å²) in [5.41, 5.74) is 4.96. The molecule has 0 aliphatic carbocycles. The van der Waals surface area contributed by atoms with E-state index in [2.05, 4.69) is 38.4 Å². The van der Waals surface area contributed by atoms with E-state index < -0.39 is 0 Å². The average molecular weight is 387 g/mol. The summed E-state index contributed by atoms with van der Waals surface area (Å²) in [6.45, 7) is 5.68. The highest BCUT2D eigenvalue weighted by Gasteiger charge is 2.26. The summed E-state index contributed by atoms with van der Waals surface area (Å²) < 4.78 is 0. The van der Waals surface area contributed by atoms with Gasteiger partial charge in [-0.3, -0.25) is 9.78 Å². The number of carbonyl (C=O) groups is 1. The number of hydrogen-bond acceptors (Lipinski definition) is 5. The van der Waals surface area contributed by atoms with Gasteiger partial charge in [-0.1, -0.05) is 17.7 Å². The van der Waals surface area contributed by atoms with Crippen LogP contribution in [0.1, 0.15) is 24.0 Å². The predicted octanol–water partition coefficient (Wildman–Crippen LogP) is 4.01. The molecule has 1 fully saturated rings. The fraction of sp³-hybridized carbons (Fsp3) is 0.304. The van der Waals surface area contributed by atoms with Gasteiger partial charge in [-0.2, -0.15) is 0 Å². The van der Waals surface area contributed by atoms with Crippen molar-refractivity contribution in [1.29, 1.82) is 0 Å². The predicted molar refractivity (Wildman–Crippen MR) is 115 cm³/mol. The summed E-state index contributed by atoms with van der Waals surface area (Å²) in [7, 11) is 0. The molecular weight excluding hydrogens is 362 g/mol. The van der Waals surface area contributed by atoms with Gasteiger partial charge < -0.3 is 10.2 Å². The normalized spacial score (nSPS) is 14.6. The van der Waals surface area contributed by atoms with Gasteiger partial charge in [0.1, 0.15) is 0 Å². The Hall–Kier alpha value is -3.28. The molecule has 0 unspecified atom stereocenters. The number of amides is 1. The Morgan fingerprint density at radius 3 is 2.55 bits per heavy atom. The van der Waals surface area contributed by atoms with Crippen LogP contribution in [-0.4, -0.2) is 34.2 Å². The van der Waals surface area contributed by atoms with Crippen molar-refractivity contribution in [2.24, 2.45) is 5.92 Å². The lowest BCUT2D eigenvalue weighted by Crippen LogP contribution is -2.38. The van der Waals surface area contributed by atoms with Crippen molar-refractivity contribution in [3.63, 3.8) is 0 Å². The molecule has 1 amide bonds. The zero-order valence-corrected chi connectivity index (χ0v) is 16.8. The van der Waals surface area contributed by atoms with Gasteiger partial charge >= 0.3 is 0 Å². The number of piperidine rings is 1. The topological polar surface area (TPSA) is 71.0 Å². The Morgan fingerprint density at radius 1 is 1.07 bits per heavy atom. The first-order valence-corrected chi connectivity index (χ1v) is 9.97. The summed E-state index contributed by atoms with van der Waals surface area (Å²) >= 11 is 0. The van der Waals surface area contributed by atoms with Gasteiger partial charge in [-0.15, -0.1) is 10.2 Å². The van der Waals surface area contributed by atoms with Crippen molar-refractivity contribution in [1.82, 2.24) is 15.2 Å². The van der Waals surface area contributed by atoms with Crippen molar-refractivity contribution >= 4 is 17.4 Å². The lowest BCUT2D eigenvalue weighted by Gasteiger charge is -2.32. The molecule has 0 bridgehead atoms. The number of hydrogen-bond donors (Lipinski definition) is 1. The second-order valence-electron chi connectivity index (χ2n) is 7.59. The first-order valence-electron chi connectivity index (χ1n) is 9.97.